The number of benzene rings is 2. The first-order chi connectivity index (χ1) is 20.0. The van der Waals surface area contributed by atoms with Gasteiger partial charge >= 0.3 is 0 Å². The third kappa shape index (κ3) is 5.49. The van der Waals surface area contributed by atoms with E-state index in [0.29, 0.717) is 5.56 Å². The second kappa shape index (κ2) is 12.0. The van der Waals surface area contributed by atoms with Gasteiger partial charge < -0.3 is 69.0 Å². The second-order valence-electron chi connectivity index (χ2n) is 9.87. The molecule has 15 heteroatoms. The van der Waals surface area contributed by atoms with Crippen LogP contribution in [0.4, 0.5) is 0 Å². The molecule has 42 heavy (non-hydrogen) atoms. The summed E-state index contributed by atoms with van der Waals surface area (Å²) in [6.07, 6.45) is -13.0. The van der Waals surface area contributed by atoms with Crippen molar-refractivity contribution in [1.82, 2.24) is 0 Å². The summed E-state index contributed by atoms with van der Waals surface area (Å²) in [6.45, 7) is -0.841. The standard InChI is InChI=1S/C27H30O15/c1-37-25-15(6-14-17(21(25)33)18(30)12(7-38-14)10-2-4-11(28)5-3-10)41-27-24(36)22(34)20(32)16(42-27)9-40-26-23(35)19(31)13(29)8-39-26/h2-7,13,16,19-20,22-24,26-29,31-36H,8-9H2,1H3/t13-,16-,19+,20-,22+,23-,24-,26-,27-/m1/s1. The Morgan fingerprint density at radius 2 is 1.60 bits per heavy atom. The number of rotatable bonds is 7. The van der Waals surface area contributed by atoms with Crippen LogP contribution in [0.3, 0.4) is 0 Å². The van der Waals surface area contributed by atoms with Gasteiger partial charge in [-0.3, -0.25) is 4.79 Å². The number of aromatic hydroxyl groups is 2. The van der Waals surface area contributed by atoms with Crippen molar-refractivity contribution in [3.05, 3.63) is 46.8 Å². The molecule has 0 unspecified atom stereocenters. The molecule has 0 amide bonds. The van der Waals surface area contributed by atoms with Gasteiger partial charge in [0.2, 0.25) is 17.5 Å². The zero-order valence-electron chi connectivity index (χ0n) is 22.0. The van der Waals surface area contributed by atoms with Gasteiger partial charge in [0.25, 0.3) is 0 Å². The van der Waals surface area contributed by atoms with Crippen LogP contribution in [-0.2, 0) is 14.2 Å². The van der Waals surface area contributed by atoms with Crippen LogP contribution >= 0.6 is 0 Å². The maximum Gasteiger partial charge on any atom is 0.229 e. The Morgan fingerprint density at radius 1 is 0.905 bits per heavy atom. The summed E-state index contributed by atoms with van der Waals surface area (Å²) >= 11 is 0. The van der Waals surface area contributed by atoms with Gasteiger partial charge in [-0.15, -0.1) is 0 Å². The van der Waals surface area contributed by atoms with E-state index in [-0.39, 0.29) is 40.4 Å². The molecule has 8 N–H and O–H groups in total. The van der Waals surface area contributed by atoms with Gasteiger partial charge in [0.15, 0.2) is 17.8 Å². The van der Waals surface area contributed by atoms with Gasteiger partial charge in [-0.2, -0.15) is 0 Å². The van der Waals surface area contributed by atoms with Crippen molar-refractivity contribution >= 4 is 11.0 Å². The van der Waals surface area contributed by atoms with E-state index in [4.69, 9.17) is 28.1 Å². The highest BCUT2D eigenvalue weighted by Gasteiger charge is 2.47. The fourth-order valence-corrected chi connectivity index (χ4v) is 4.74. The van der Waals surface area contributed by atoms with Crippen molar-refractivity contribution in [2.75, 3.05) is 20.3 Å². The summed E-state index contributed by atoms with van der Waals surface area (Å²) in [5.74, 6) is -1.23. The minimum Gasteiger partial charge on any atom is -0.508 e. The number of ether oxygens (including phenoxy) is 5. The number of methoxy groups -OCH3 is 1. The van der Waals surface area contributed by atoms with Crippen LogP contribution in [0.2, 0.25) is 0 Å². The van der Waals surface area contributed by atoms with Crippen molar-refractivity contribution in [3.63, 3.8) is 0 Å². The fraction of sp³-hybridized carbons (Fsp3) is 0.444. The third-order valence-electron chi connectivity index (χ3n) is 7.13. The second-order valence-corrected chi connectivity index (χ2v) is 9.87. The Bertz CT molecular complexity index is 1460. The van der Waals surface area contributed by atoms with Gasteiger partial charge in [0.05, 0.1) is 25.9 Å². The summed E-state index contributed by atoms with van der Waals surface area (Å²) in [6, 6.07) is 6.95. The number of phenols is 2. The van der Waals surface area contributed by atoms with Gasteiger partial charge in [-0.25, -0.2) is 0 Å². The van der Waals surface area contributed by atoms with E-state index in [0.717, 1.165) is 6.26 Å². The van der Waals surface area contributed by atoms with Crippen molar-refractivity contribution in [3.8, 4) is 34.1 Å². The Morgan fingerprint density at radius 3 is 2.29 bits per heavy atom. The highest BCUT2D eigenvalue weighted by Crippen LogP contribution is 2.43. The average Bonchev–Trinajstić information content (AvgIpc) is 2.97. The molecule has 3 aromatic rings. The Kier molecular flexibility index (Phi) is 8.56. The highest BCUT2D eigenvalue weighted by atomic mass is 16.7. The first-order valence-corrected chi connectivity index (χ1v) is 12.8. The molecule has 9 atom stereocenters. The van der Waals surface area contributed by atoms with E-state index >= 15 is 0 Å². The number of aliphatic hydroxyl groups excluding tert-OH is 6. The molecule has 0 radical (unpaired) electrons. The first kappa shape index (κ1) is 30.0. The molecule has 0 bridgehead atoms. The zero-order valence-corrected chi connectivity index (χ0v) is 22.0. The van der Waals surface area contributed by atoms with Crippen LogP contribution in [0, 0.1) is 0 Å². The number of hydrogen-bond donors (Lipinski definition) is 8. The number of hydrogen-bond acceptors (Lipinski definition) is 15. The molecule has 2 fully saturated rings. The zero-order chi connectivity index (χ0) is 30.3. The first-order valence-electron chi connectivity index (χ1n) is 12.8. The van der Waals surface area contributed by atoms with Gasteiger partial charge in [0.1, 0.15) is 65.7 Å². The topological polar surface area (TPSA) is 238 Å². The molecule has 5 rings (SSSR count). The predicted molar refractivity (Wildman–Crippen MR) is 139 cm³/mol. The predicted octanol–water partition coefficient (Wildman–Crippen LogP) is -1.48. The number of fused-ring (bicyclic) bond motifs is 1. The molecule has 1 aromatic heterocycles. The summed E-state index contributed by atoms with van der Waals surface area (Å²) in [4.78, 5) is 13.3. The van der Waals surface area contributed by atoms with E-state index in [2.05, 4.69) is 0 Å². The molecule has 2 aliphatic heterocycles. The number of aliphatic hydroxyl groups is 6. The number of phenolic OH excluding ortho intramolecular Hbond substituents is 2. The summed E-state index contributed by atoms with van der Waals surface area (Å²) in [5.41, 5.74) is -0.225. The lowest BCUT2D eigenvalue weighted by molar-refractivity contribution is -0.307. The lowest BCUT2D eigenvalue weighted by atomic mass is 9.99. The largest absolute Gasteiger partial charge is 0.508 e. The lowest BCUT2D eigenvalue weighted by Crippen LogP contribution is -2.61. The van der Waals surface area contributed by atoms with E-state index < -0.39 is 73.1 Å². The molecule has 2 saturated heterocycles. The maximum atomic E-state index is 13.3. The molecule has 228 valence electrons. The minimum absolute atomic E-state index is 0.00709. The van der Waals surface area contributed by atoms with Gasteiger partial charge in [0, 0.05) is 6.07 Å². The fourth-order valence-electron chi connectivity index (χ4n) is 4.74. The van der Waals surface area contributed by atoms with Crippen molar-refractivity contribution in [2.45, 2.75) is 55.3 Å². The van der Waals surface area contributed by atoms with Gasteiger partial charge in [-0.1, -0.05) is 12.1 Å². The van der Waals surface area contributed by atoms with Crippen molar-refractivity contribution in [2.24, 2.45) is 0 Å². The van der Waals surface area contributed by atoms with Crippen molar-refractivity contribution < 1.29 is 69.0 Å². The molecule has 0 spiro atoms. The monoisotopic (exact) mass is 594 g/mol. The van der Waals surface area contributed by atoms with E-state index in [9.17, 15) is 45.6 Å². The van der Waals surface area contributed by atoms with Crippen LogP contribution in [-0.4, -0.2) is 116 Å². The molecular formula is C27H30O15. The van der Waals surface area contributed by atoms with Crippen LogP contribution < -0.4 is 14.9 Å². The Labute approximate surface area is 236 Å². The Balaban J connectivity index is 1.39. The third-order valence-corrected chi connectivity index (χ3v) is 7.13. The molecule has 0 aliphatic carbocycles. The van der Waals surface area contributed by atoms with Crippen LogP contribution in [0.1, 0.15) is 0 Å². The van der Waals surface area contributed by atoms with Crippen LogP contribution in [0.5, 0.6) is 23.0 Å². The Hall–Kier alpha value is -3.51. The smallest absolute Gasteiger partial charge is 0.229 e. The molecule has 15 nitrogen and oxygen atoms in total. The molecular weight excluding hydrogens is 564 g/mol. The SMILES string of the molecule is COc1c(O[C@@H]2O[C@H](CO[C@H]3OC[C@@H](O)[C@H](O)[C@H]3O)[C@@H](O)[C@H](O)[C@H]2O)cc2occ(-c3ccc(O)cc3)c(=O)c2c1O. The van der Waals surface area contributed by atoms with E-state index in [1.54, 1.807) is 0 Å². The van der Waals surface area contributed by atoms with Crippen molar-refractivity contribution in [1.29, 1.82) is 0 Å². The normalized spacial score (nSPS) is 31.6. The van der Waals surface area contributed by atoms with Crippen LogP contribution in [0.15, 0.2) is 45.8 Å². The highest BCUT2D eigenvalue weighted by molar-refractivity contribution is 5.91. The molecule has 2 aliphatic rings. The van der Waals surface area contributed by atoms with Crippen LogP contribution in [0.25, 0.3) is 22.1 Å². The quantitative estimate of drug-likeness (QED) is 0.156. The summed E-state index contributed by atoms with van der Waals surface area (Å²) in [5, 5.41) is 81.2. The average molecular weight is 595 g/mol. The molecule has 3 heterocycles. The van der Waals surface area contributed by atoms with Gasteiger partial charge in [-0.05, 0) is 17.7 Å². The summed E-state index contributed by atoms with van der Waals surface area (Å²) in [7, 11) is 1.19. The minimum atomic E-state index is -1.81. The molecule has 0 saturated carbocycles. The molecule has 2 aromatic carbocycles. The van der Waals surface area contributed by atoms with E-state index in [1.807, 2.05) is 0 Å². The maximum absolute atomic E-state index is 13.3. The van der Waals surface area contributed by atoms with E-state index in [1.165, 1.54) is 37.4 Å². The lowest BCUT2D eigenvalue weighted by Gasteiger charge is -2.41. The summed E-state index contributed by atoms with van der Waals surface area (Å²) < 4.78 is 32.7.